The standard InChI is InChI=1S/C13H15N3/c1-3-10-8-12(16-13(14)15-10)11-7-5-4-6-9(11)2/h4-8H,3H2,1-2H3,(H2,14,15,16). The molecule has 0 aliphatic heterocycles. The van der Waals surface area contributed by atoms with Gasteiger partial charge in [-0.25, -0.2) is 9.97 Å². The van der Waals surface area contributed by atoms with Crippen molar-refractivity contribution in [1.82, 2.24) is 9.97 Å². The number of nitrogens with zero attached hydrogens (tertiary/aromatic N) is 2. The molecule has 0 saturated carbocycles. The van der Waals surface area contributed by atoms with Crippen LogP contribution in [0.5, 0.6) is 0 Å². The molecule has 1 aromatic carbocycles. The Morgan fingerprint density at radius 1 is 1.19 bits per heavy atom. The number of aromatic nitrogens is 2. The highest BCUT2D eigenvalue weighted by Crippen LogP contribution is 2.22. The zero-order valence-electron chi connectivity index (χ0n) is 9.57. The van der Waals surface area contributed by atoms with Gasteiger partial charge in [0.15, 0.2) is 0 Å². The Labute approximate surface area is 95.4 Å². The van der Waals surface area contributed by atoms with Gasteiger partial charge in [-0.2, -0.15) is 0 Å². The molecule has 2 N–H and O–H groups in total. The van der Waals surface area contributed by atoms with Crippen LogP contribution >= 0.6 is 0 Å². The summed E-state index contributed by atoms with van der Waals surface area (Å²) in [7, 11) is 0. The van der Waals surface area contributed by atoms with Crippen molar-refractivity contribution in [3.63, 3.8) is 0 Å². The van der Waals surface area contributed by atoms with Crippen LogP contribution in [0.1, 0.15) is 18.2 Å². The second-order valence-corrected chi connectivity index (χ2v) is 3.77. The number of nitrogen functional groups attached to an aromatic ring is 1. The van der Waals surface area contributed by atoms with E-state index in [1.54, 1.807) is 0 Å². The van der Waals surface area contributed by atoms with Gasteiger partial charge in [0, 0.05) is 11.3 Å². The maximum absolute atomic E-state index is 5.70. The summed E-state index contributed by atoms with van der Waals surface area (Å²) in [4.78, 5) is 8.45. The highest BCUT2D eigenvalue weighted by atomic mass is 15.0. The summed E-state index contributed by atoms with van der Waals surface area (Å²) in [6.07, 6.45) is 0.867. The summed E-state index contributed by atoms with van der Waals surface area (Å²) >= 11 is 0. The van der Waals surface area contributed by atoms with Crippen molar-refractivity contribution in [2.24, 2.45) is 0 Å². The van der Waals surface area contributed by atoms with Crippen molar-refractivity contribution < 1.29 is 0 Å². The van der Waals surface area contributed by atoms with E-state index in [1.165, 1.54) is 5.56 Å². The van der Waals surface area contributed by atoms with Crippen LogP contribution in [0.2, 0.25) is 0 Å². The molecule has 0 radical (unpaired) electrons. The number of rotatable bonds is 2. The van der Waals surface area contributed by atoms with Gasteiger partial charge in [0.25, 0.3) is 0 Å². The topological polar surface area (TPSA) is 51.8 Å². The molecular formula is C13H15N3. The van der Waals surface area contributed by atoms with Crippen LogP contribution in [0.4, 0.5) is 5.95 Å². The van der Waals surface area contributed by atoms with Gasteiger partial charge in [0.1, 0.15) is 0 Å². The maximum atomic E-state index is 5.70. The monoisotopic (exact) mass is 213 g/mol. The van der Waals surface area contributed by atoms with Crippen molar-refractivity contribution in [3.05, 3.63) is 41.6 Å². The van der Waals surface area contributed by atoms with Gasteiger partial charge in [-0.3, -0.25) is 0 Å². The number of nitrogens with two attached hydrogens (primary N) is 1. The first kappa shape index (κ1) is 10.6. The number of aryl methyl sites for hydroxylation is 2. The van der Waals surface area contributed by atoms with Crippen LogP contribution in [0.25, 0.3) is 11.3 Å². The van der Waals surface area contributed by atoms with Gasteiger partial charge in [-0.05, 0) is 25.0 Å². The predicted octanol–water partition coefficient (Wildman–Crippen LogP) is 2.60. The normalized spacial score (nSPS) is 10.4. The second kappa shape index (κ2) is 4.31. The molecule has 0 spiro atoms. The lowest BCUT2D eigenvalue weighted by Gasteiger charge is -2.07. The van der Waals surface area contributed by atoms with Crippen LogP contribution < -0.4 is 5.73 Å². The lowest BCUT2D eigenvalue weighted by molar-refractivity contribution is 1.01. The van der Waals surface area contributed by atoms with E-state index in [1.807, 2.05) is 18.2 Å². The third-order valence-corrected chi connectivity index (χ3v) is 2.58. The lowest BCUT2D eigenvalue weighted by atomic mass is 10.0. The highest BCUT2D eigenvalue weighted by Gasteiger charge is 2.05. The molecule has 1 aromatic heterocycles. The van der Waals surface area contributed by atoms with Gasteiger partial charge < -0.3 is 5.73 Å². The summed E-state index contributed by atoms with van der Waals surface area (Å²) in [5.74, 6) is 0.345. The van der Waals surface area contributed by atoms with Crippen molar-refractivity contribution in [3.8, 4) is 11.3 Å². The van der Waals surface area contributed by atoms with E-state index < -0.39 is 0 Å². The second-order valence-electron chi connectivity index (χ2n) is 3.77. The van der Waals surface area contributed by atoms with Crippen LogP contribution in [-0.2, 0) is 6.42 Å². The van der Waals surface area contributed by atoms with E-state index in [2.05, 4.69) is 35.9 Å². The minimum absolute atomic E-state index is 0.345. The van der Waals surface area contributed by atoms with Gasteiger partial charge in [0.2, 0.25) is 5.95 Å². The molecule has 82 valence electrons. The molecule has 3 heteroatoms. The fraction of sp³-hybridized carbons (Fsp3) is 0.231. The summed E-state index contributed by atoms with van der Waals surface area (Å²) in [5.41, 5.74) is 9.90. The van der Waals surface area contributed by atoms with Gasteiger partial charge in [-0.15, -0.1) is 0 Å². The third-order valence-electron chi connectivity index (χ3n) is 2.58. The summed E-state index contributed by atoms with van der Waals surface area (Å²) in [6, 6.07) is 10.1. The molecule has 0 amide bonds. The number of benzene rings is 1. The summed E-state index contributed by atoms with van der Waals surface area (Å²) < 4.78 is 0. The minimum atomic E-state index is 0.345. The molecule has 0 saturated heterocycles. The van der Waals surface area contributed by atoms with Crippen LogP contribution in [0.15, 0.2) is 30.3 Å². The maximum Gasteiger partial charge on any atom is 0.220 e. The van der Waals surface area contributed by atoms with Crippen LogP contribution in [0.3, 0.4) is 0 Å². The zero-order chi connectivity index (χ0) is 11.5. The fourth-order valence-corrected chi connectivity index (χ4v) is 1.70. The first-order valence-electron chi connectivity index (χ1n) is 5.40. The Kier molecular flexibility index (Phi) is 2.86. The smallest absolute Gasteiger partial charge is 0.220 e. The molecule has 1 heterocycles. The van der Waals surface area contributed by atoms with Crippen molar-refractivity contribution in [2.45, 2.75) is 20.3 Å². The third kappa shape index (κ3) is 2.03. The van der Waals surface area contributed by atoms with E-state index in [-0.39, 0.29) is 0 Å². The van der Waals surface area contributed by atoms with E-state index in [0.29, 0.717) is 5.95 Å². The van der Waals surface area contributed by atoms with Crippen molar-refractivity contribution in [2.75, 3.05) is 5.73 Å². The van der Waals surface area contributed by atoms with E-state index >= 15 is 0 Å². The fourth-order valence-electron chi connectivity index (χ4n) is 1.70. The molecule has 0 aliphatic carbocycles. The van der Waals surface area contributed by atoms with Crippen LogP contribution in [-0.4, -0.2) is 9.97 Å². The molecule has 0 bridgehead atoms. The SMILES string of the molecule is CCc1cc(-c2ccccc2C)nc(N)n1. The molecule has 0 fully saturated rings. The van der Waals surface area contributed by atoms with E-state index in [9.17, 15) is 0 Å². The first-order valence-corrected chi connectivity index (χ1v) is 5.40. The molecule has 2 rings (SSSR count). The van der Waals surface area contributed by atoms with Gasteiger partial charge in [0.05, 0.1) is 5.69 Å². The van der Waals surface area contributed by atoms with Gasteiger partial charge >= 0.3 is 0 Å². The molecule has 2 aromatic rings. The Bertz CT molecular complexity index is 506. The average Bonchev–Trinajstić information content (AvgIpc) is 2.28. The summed E-state index contributed by atoms with van der Waals surface area (Å²) in [6.45, 7) is 4.13. The zero-order valence-corrected chi connectivity index (χ0v) is 9.57. The molecule has 0 atom stereocenters. The number of anilines is 1. The quantitative estimate of drug-likeness (QED) is 0.834. The highest BCUT2D eigenvalue weighted by molar-refractivity contribution is 5.64. The molecular weight excluding hydrogens is 198 g/mol. The largest absolute Gasteiger partial charge is 0.368 e. The molecule has 0 unspecified atom stereocenters. The minimum Gasteiger partial charge on any atom is -0.368 e. The molecule has 3 nitrogen and oxygen atoms in total. The van der Waals surface area contributed by atoms with Crippen molar-refractivity contribution in [1.29, 1.82) is 0 Å². The van der Waals surface area contributed by atoms with E-state index in [0.717, 1.165) is 23.4 Å². The Morgan fingerprint density at radius 3 is 2.62 bits per heavy atom. The van der Waals surface area contributed by atoms with Gasteiger partial charge in [-0.1, -0.05) is 31.2 Å². The Balaban J connectivity index is 2.56. The van der Waals surface area contributed by atoms with Crippen molar-refractivity contribution >= 4 is 5.95 Å². The molecule has 0 aliphatic rings. The lowest BCUT2D eigenvalue weighted by Crippen LogP contribution is -2.00. The Hall–Kier alpha value is -1.90. The summed E-state index contributed by atoms with van der Waals surface area (Å²) in [5, 5.41) is 0. The average molecular weight is 213 g/mol. The molecule has 16 heavy (non-hydrogen) atoms. The predicted molar refractivity (Wildman–Crippen MR) is 66.0 cm³/mol. The number of hydrogen-bond acceptors (Lipinski definition) is 3. The van der Waals surface area contributed by atoms with E-state index in [4.69, 9.17) is 5.73 Å². The van der Waals surface area contributed by atoms with Crippen LogP contribution in [0, 0.1) is 6.92 Å². The number of hydrogen-bond donors (Lipinski definition) is 1. The first-order chi connectivity index (χ1) is 7.70. The Morgan fingerprint density at radius 2 is 1.94 bits per heavy atom.